The molecule has 2 nitrogen and oxygen atoms in total. The predicted octanol–water partition coefficient (Wildman–Crippen LogP) is 3.18. The number of benzene rings is 1. The van der Waals surface area contributed by atoms with Crippen LogP contribution in [0.5, 0.6) is 0 Å². The zero-order valence-electron chi connectivity index (χ0n) is 10.0. The summed E-state index contributed by atoms with van der Waals surface area (Å²) in [7, 11) is 0. The van der Waals surface area contributed by atoms with Gasteiger partial charge in [0, 0.05) is 12.6 Å². The van der Waals surface area contributed by atoms with Gasteiger partial charge in [-0.25, -0.2) is 4.39 Å². The summed E-state index contributed by atoms with van der Waals surface area (Å²) in [4.78, 5) is 2.34. The first-order valence-corrected chi connectivity index (χ1v) is 6.58. The molecule has 1 heterocycles. The van der Waals surface area contributed by atoms with Crippen LogP contribution in [0.4, 0.5) is 15.8 Å². The molecule has 1 saturated carbocycles. The molecule has 1 aliphatic heterocycles. The fourth-order valence-electron chi connectivity index (χ4n) is 3.48. The van der Waals surface area contributed by atoms with E-state index in [9.17, 15) is 4.39 Å². The normalized spacial score (nSPS) is 28.2. The van der Waals surface area contributed by atoms with Crippen molar-refractivity contribution in [2.24, 2.45) is 5.92 Å². The van der Waals surface area contributed by atoms with E-state index in [1.807, 2.05) is 6.07 Å². The number of nitrogen functional groups attached to an aromatic ring is 1. The minimum Gasteiger partial charge on any atom is -0.395 e. The van der Waals surface area contributed by atoms with E-state index in [0.29, 0.717) is 11.7 Å². The van der Waals surface area contributed by atoms with Gasteiger partial charge in [-0.3, -0.25) is 0 Å². The van der Waals surface area contributed by atoms with Gasteiger partial charge in [-0.2, -0.15) is 0 Å². The molecule has 1 saturated heterocycles. The molecular formula is C14H19FN2. The highest BCUT2D eigenvalue weighted by atomic mass is 19.1. The van der Waals surface area contributed by atoms with E-state index >= 15 is 0 Å². The zero-order valence-corrected chi connectivity index (χ0v) is 10.0. The van der Waals surface area contributed by atoms with Crippen LogP contribution in [0.15, 0.2) is 18.2 Å². The Labute approximate surface area is 102 Å². The molecule has 2 aliphatic rings. The maximum absolute atomic E-state index is 13.5. The van der Waals surface area contributed by atoms with Gasteiger partial charge in [0.2, 0.25) is 0 Å². The summed E-state index contributed by atoms with van der Waals surface area (Å²) >= 11 is 0. The van der Waals surface area contributed by atoms with Crippen LogP contribution in [-0.2, 0) is 0 Å². The molecule has 2 N–H and O–H groups in total. The summed E-state index contributed by atoms with van der Waals surface area (Å²) in [5.41, 5.74) is 7.09. The van der Waals surface area contributed by atoms with Crippen molar-refractivity contribution in [3.05, 3.63) is 24.0 Å². The summed E-state index contributed by atoms with van der Waals surface area (Å²) < 4.78 is 13.5. The third-order valence-corrected chi connectivity index (χ3v) is 4.35. The van der Waals surface area contributed by atoms with Gasteiger partial charge in [0.05, 0.1) is 11.4 Å². The average Bonchev–Trinajstić information content (AvgIpc) is 2.77. The van der Waals surface area contributed by atoms with Gasteiger partial charge < -0.3 is 10.6 Å². The Morgan fingerprint density at radius 2 is 2.00 bits per heavy atom. The first kappa shape index (κ1) is 10.9. The number of nitrogens with two attached hydrogens (primary N) is 1. The van der Waals surface area contributed by atoms with Gasteiger partial charge in [-0.1, -0.05) is 18.9 Å². The summed E-state index contributed by atoms with van der Waals surface area (Å²) in [6.45, 7) is 1.03. The van der Waals surface area contributed by atoms with Crippen molar-refractivity contribution in [3.8, 4) is 0 Å². The monoisotopic (exact) mass is 234 g/mol. The van der Waals surface area contributed by atoms with Gasteiger partial charge in [-0.15, -0.1) is 0 Å². The van der Waals surface area contributed by atoms with Crippen LogP contribution in [0.1, 0.15) is 32.1 Å². The second-order valence-electron chi connectivity index (χ2n) is 5.27. The molecule has 2 atom stereocenters. The third-order valence-electron chi connectivity index (χ3n) is 4.35. The Morgan fingerprint density at radius 3 is 2.88 bits per heavy atom. The highest BCUT2D eigenvalue weighted by molar-refractivity contribution is 5.69. The molecular weight excluding hydrogens is 215 g/mol. The highest BCUT2D eigenvalue weighted by Gasteiger charge is 2.36. The van der Waals surface area contributed by atoms with Gasteiger partial charge in [-0.05, 0) is 37.3 Å². The lowest BCUT2D eigenvalue weighted by Gasteiger charge is -2.33. The molecule has 0 bridgehead atoms. The standard InChI is InChI=1S/C14H19FN2/c15-11-5-3-7-13(14(11)16)17-9-8-10-4-1-2-6-12(10)17/h3,5,7,10,12H,1-2,4,6,8-9,16H2. The van der Waals surface area contributed by atoms with E-state index in [4.69, 9.17) is 5.73 Å². The van der Waals surface area contributed by atoms with E-state index in [0.717, 1.165) is 18.2 Å². The number of hydrogen-bond donors (Lipinski definition) is 1. The van der Waals surface area contributed by atoms with Gasteiger partial charge in [0.15, 0.2) is 0 Å². The minimum absolute atomic E-state index is 0.290. The number of anilines is 2. The van der Waals surface area contributed by atoms with Crippen LogP contribution >= 0.6 is 0 Å². The SMILES string of the molecule is Nc1c(F)cccc1N1CCC2CCCCC21. The maximum atomic E-state index is 13.5. The van der Waals surface area contributed by atoms with Crippen molar-refractivity contribution in [1.82, 2.24) is 0 Å². The molecule has 17 heavy (non-hydrogen) atoms. The largest absolute Gasteiger partial charge is 0.395 e. The third kappa shape index (κ3) is 1.78. The minimum atomic E-state index is -0.290. The molecule has 1 aromatic rings. The van der Waals surface area contributed by atoms with Crippen molar-refractivity contribution in [2.45, 2.75) is 38.1 Å². The summed E-state index contributed by atoms with van der Waals surface area (Å²) in [6, 6.07) is 5.74. The number of nitrogens with zero attached hydrogens (tertiary/aromatic N) is 1. The van der Waals surface area contributed by atoms with Crippen molar-refractivity contribution >= 4 is 11.4 Å². The number of para-hydroxylation sites is 1. The van der Waals surface area contributed by atoms with Crippen LogP contribution in [0, 0.1) is 11.7 Å². The lowest BCUT2D eigenvalue weighted by molar-refractivity contribution is 0.342. The number of rotatable bonds is 1. The number of fused-ring (bicyclic) bond motifs is 1. The summed E-state index contributed by atoms with van der Waals surface area (Å²) in [5.74, 6) is 0.508. The van der Waals surface area contributed by atoms with Gasteiger partial charge in [0.25, 0.3) is 0 Å². The molecule has 0 spiro atoms. The molecule has 2 unspecified atom stereocenters. The fourth-order valence-corrected chi connectivity index (χ4v) is 3.48. The molecule has 3 heteroatoms. The fraction of sp³-hybridized carbons (Fsp3) is 0.571. The molecule has 92 valence electrons. The van der Waals surface area contributed by atoms with Crippen LogP contribution in [-0.4, -0.2) is 12.6 Å². The van der Waals surface area contributed by atoms with E-state index < -0.39 is 0 Å². The Morgan fingerprint density at radius 1 is 1.18 bits per heavy atom. The quantitative estimate of drug-likeness (QED) is 0.756. The summed E-state index contributed by atoms with van der Waals surface area (Å²) in [6.07, 6.45) is 6.46. The van der Waals surface area contributed by atoms with Crippen molar-refractivity contribution in [1.29, 1.82) is 0 Å². The Hall–Kier alpha value is -1.25. The molecule has 3 rings (SSSR count). The first-order valence-electron chi connectivity index (χ1n) is 6.58. The Bertz CT molecular complexity index is 419. The van der Waals surface area contributed by atoms with Crippen LogP contribution < -0.4 is 10.6 Å². The Balaban J connectivity index is 1.91. The highest BCUT2D eigenvalue weighted by Crippen LogP contribution is 2.40. The predicted molar refractivity (Wildman–Crippen MR) is 68.5 cm³/mol. The van der Waals surface area contributed by atoms with Gasteiger partial charge >= 0.3 is 0 Å². The van der Waals surface area contributed by atoms with Crippen molar-refractivity contribution < 1.29 is 4.39 Å². The number of halogens is 1. The van der Waals surface area contributed by atoms with E-state index in [2.05, 4.69) is 4.90 Å². The second-order valence-corrected chi connectivity index (χ2v) is 5.27. The van der Waals surface area contributed by atoms with Crippen molar-refractivity contribution in [2.75, 3.05) is 17.2 Å². The molecule has 0 radical (unpaired) electrons. The van der Waals surface area contributed by atoms with Crippen LogP contribution in [0.2, 0.25) is 0 Å². The molecule has 2 fully saturated rings. The van der Waals surface area contributed by atoms with Crippen molar-refractivity contribution in [3.63, 3.8) is 0 Å². The second kappa shape index (κ2) is 4.21. The first-order chi connectivity index (χ1) is 8.27. The molecule has 1 aromatic carbocycles. The summed E-state index contributed by atoms with van der Waals surface area (Å²) in [5, 5.41) is 0. The molecule has 1 aliphatic carbocycles. The Kier molecular flexibility index (Phi) is 2.69. The van der Waals surface area contributed by atoms with E-state index in [1.54, 1.807) is 6.07 Å². The lowest BCUT2D eigenvalue weighted by Crippen LogP contribution is -2.35. The van der Waals surface area contributed by atoms with Gasteiger partial charge in [0.1, 0.15) is 5.82 Å². The topological polar surface area (TPSA) is 29.3 Å². The smallest absolute Gasteiger partial charge is 0.148 e. The molecule has 0 aromatic heterocycles. The van der Waals surface area contributed by atoms with E-state index in [1.165, 1.54) is 38.2 Å². The van der Waals surface area contributed by atoms with Crippen LogP contribution in [0.3, 0.4) is 0 Å². The number of hydrogen-bond acceptors (Lipinski definition) is 2. The molecule has 0 amide bonds. The maximum Gasteiger partial charge on any atom is 0.148 e. The van der Waals surface area contributed by atoms with Crippen LogP contribution in [0.25, 0.3) is 0 Å². The lowest BCUT2D eigenvalue weighted by atomic mass is 9.85. The average molecular weight is 234 g/mol. The zero-order chi connectivity index (χ0) is 11.8. The van der Waals surface area contributed by atoms with E-state index in [-0.39, 0.29) is 5.82 Å².